The van der Waals surface area contributed by atoms with Crippen LogP contribution in [0.5, 0.6) is 11.5 Å². The minimum Gasteiger partial charge on any atom is -0.493 e. The Morgan fingerprint density at radius 1 is 1.04 bits per heavy atom. The second kappa shape index (κ2) is 7.91. The van der Waals surface area contributed by atoms with Gasteiger partial charge in [0.1, 0.15) is 0 Å². The summed E-state index contributed by atoms with van der Waals surface area (Å²) in [7, 11) is 3.07. The van der Waals surface area contributed by atoms with Crippen LogP contribution in [-0.2, 0) is 4.79 Å². The molecule has 2 aromatic carbocycles. The Morgan fingerprint density at radius 2 is 1.85 bits per heavy atom. The maximum Gasteiger partial charge on any atom is 0.255 e. The summed E-state index contributed by atoms with van der Waals surface area (Å²) in [6, 6.07) is 12.3. The van der Waals surface area contributed by atoms with Crippen LogP contribution in [0.1, 0.15) is 29.6 Å². The van der Waals surface area contributed by atoms with E-state index in [1.165, 1.54) is 7.11 Å². The van der Waals surface area contributed by atoms with Crippen molar-refractivity contribution in [1.29, 1.82) is 0 Å². The predicted molar refractivity (Wildman–Crippen MR) is 100 cm³/mol. The average Bonchev–Trinajstić information content (AvgIpc) is 2.68. The first kappa shape index (κ1) is 17.8. The van der Waals surface area contributed by atoms with E-state index in [0.29, 0.717) is 35.7 Å². The van der Waals surface area contributed by atoms with Gasteiger partial charge in [0, 0.05) is 29.9 Å². The van der Waals surface area contributed by atoms with E-state index in [4.69, 9.17) is 9.47 Å². The normalized spacial score (nSPS) is 14.1. The van der Waals surface area contributed by atoms with Crippen molar-refractivity contribution in [2.45, 2.75) is 19.3 Å². The number of carbonyl (C=O) groups is 2. The fourth-order valence-corrected chi connectivity index (χ4v) is 3.01. The fourth-order valence-electron chi connectivity index (χ4n) is 3.01. The highest BCUT2D eigenvalue weighted by atomic mass is 16.5. The van der Waals surface area contributed by atoms with Crippen molar-refractivity contribution < 1.29 is 19.1 Å². The third-order valence-electron chi connectivity index (χ3n) is 4.38. The van der Waals surface area contributed by atoms with E-state index in [9.17, 15) is 9.59 Å². The highest BCUT2D eigenvalue weighted by Gasteiger charge is 2.20. The first-order chi connectivity index (χ1) is 12.6. The molecule has 1 aliphatic heterocycles. The molecular weight excluding hydrogens is 332 g/mol. The SMILES string of the molecule is COc1ccc(C(=O)Nc2cccc(N3CCCCC3=O)c2)cc1OC. The monoisotopic (exact) mass is 354 g/mol. The summed E-state index contributed by atoms with van der Waals surface area (Å²) in [6.07, 6.45) is 2.50. The van der Waals surface area contributed by atoms with Crippen LogP contribution in [0.3, 0.4) is 0 Å². The lowest BCUT2D eigenvalue weighted by Crippen LogP contribution is -2.35. The van der Waals surface area contributed by atoms with Crippen LogP contribution in [0.15, 0.2) is 42.5 Å². The zero-order valence-corrected chi connectivity index (χ0v) is 15.0. The van der Waals surface area contributed by atoms with Crippen LogP contribution in [0, 0.1) is 0 Å². The van der Waals surface area contributed by atoms with E-state index < -0.39 is 0 Å². The number of piperidine rings is 1. The molecule has 2 amide bonds. The van der Waals surface area contributed by atoms with Crippen LogP contribution >= 0.6 is 0 Å². The Morgan fingerprint density at radius 3 is 2.58 bits per heavy atom. The maximum absolute atomic E-state index is 12.5. The zero-order valence-electron chi connectivity index (χ0n) is 15.0. The summed E-state index contributed by atoms with van der Waals surface area (Å²) in [4.78, 5) is 26.4. The topological polar surface area (TPSA) is 67.9 Å². The molecule has 1 aliphatic rings. The van der Waals surface area contributed by atoms with E-state index in [-0.39, 0.29) is 11.8 Å². The Kier molecular flexibility index (Phi) is 5.41. The number of methoxy groups -OCH3 is 2. The molecule has 0 unspecified atom stereocenters. The molecule has 1 heterocycles. The molecule has 0 aliphatic carbocycles. The van der Waals surface area contributed by atoms with Gasteiger partial charge in [-0.1, -0.05) is 6.07 Å². The Labute approximate surface area is 152 Å². The van der Waals surface area contributed by atoms with Gasteiger partial charge in [-0.3, -0.25) is 9.59 Å². The molecular formula is C20H22N2O4. The van der Waals surface area contributed by atoms with Crippen LogP contribution in [-0.4, -0.2) is 32.6 Å². The average molecular weight is 354 g/mol. The van der Waals surface area contributed by atoms with Gasteiger partial charge in [-0.15, -0.1) is 0 Å². The predicted octanol–water partition coefficient (Wildman–Crippen LogP) is 3.47. The number of rotatable bonds is 5. The minimum atomic E-state index is -0.256. The van der Waals surface area contributed by atoms with Gasteiger partial charge in [0.25, 0.3) is 5.91 Å². The van der Waals surface area contributed by atoms with Crippen molar-refractivity contribution >= 4 is 23.2 Å². The van der Waals surface area contributed by atoms with Crippen LogP contribution in [0.2, 0.25) is 0 Å². The molecule has 1 saturated heterocycles. The number of nitrogens with zero attached hydrogens (tertiary/aromatic N) is 1. The molecule has 0 bridgehead atoms. The van der Waals surface area contributed by atoms with E-state index >= 15 is 0 Å². The van der Waals surface area contributed by atoms with Crippen LogP contribution in [0.4, 0.5) is 11.4 Å². The number of hydrogen-bond acceptors (Lipinski definition) is 4. The summed E-state index contributed by atoms with van der Waals surface area (Å²) in [5.74, 6) is 0.926. The van der Waals surface area contributed by atoms with Gasteiger partial charge < -0.3 is 19.7 Å². The lowest BCUT2D eigenvalue weighted by molar-refractivity contribution is -0.119. The standard InChI is InChI=1S/C20H22N2O4/c1-25-17-10-9-14(12-18(17)26-2)20(24)21-15-6-5-7-16(13-15)22-11-4-3-8-19(22)23/h5-7,9-10,12-13H,3-4,8,11H2,1-2H3,(H,21,24). The second-order valence-corrected chi connectivity index (χ2v) is 6.08. The Bertz CT molecular complexity index is 819. The van der Waals surface area contributed by atoms with E-state index in [1.807, 2.05) is 18.2 Å². The fraction of sp³-hybridized carbons (Fsp3) is 0.300. The number of ether oxygens (including phenoxy) is 2. The Balaban J connectivity index is 1.77. The van der Waals surface area contributed by atoms with E-state index in [2.05, 4.69) is 5.32 Å². The van der Waals surface area contributed by atoms with Gasteiger partial charge in [0.15, 0.2) is 11.5 Å². The van der Waals surface area contributed by atoms with E-state index in [1.54, 1.807) is 36.3 Å². The molecule has 1 N–H and O–H groups in total. The van der Waals surface area contributed by atoms with Crippen LogP contribution < -0.4 is 19.7 Å². The molecule has 26 heavy (non-hydrogen) atoms. The molecule has 1 fully saturated rings. The van der Waals surface area contributed by atoms with Gasteiger partial charge in [-0.25, -0.2) is 0 Å². The number of nitrogens with one attached hydrogen (secondary N) is 1. The molecule has 6 heteroatoms. The maximum atomic E-state index is 12.5. The van der Waals surface area contributed by atoms with Crippen molar-refractivity contribution in [3.05, 3.63) is 48.0 Å². The molecule has 0 atom stereocenters. The number of amides is 2. The Hall–Kier alpha value is -3.02. The number of carbonyl (C=O) groups excluding carboxylic acids is 2. The first-order valence-electron chi connectivity index (χ1n) is 8.56. The summed E-state index contributed by atoms with van der Waals surface area (Å²) < 4.78 is 10.4. The number of anilines is 2. The summed E-state index contributed by atoms with van der Waals surface area (Å²) in [6.45, 7) is 0.714. The molecule has 3 rings (SSSR count). The highest BCUT2D eigenvalue weighted by Crippen LogP contribution is 2.28. The molecule has 0 radical (unpaired) electrons. The van der Waals surface area contributed by atoms with Crippen molar-refractivity contribution in [2.24, 2.45) is 0 Å². The minimum absolute atomic E-state index is 0.125. The smallest absolute Gasteiger partial charge is 0.255 e. The zero-order chi connectivity index (χ0) is 18.5. The molecule has 2 aromatic rings. The highest BCUT2D eigenvalue weighted by molar-refractivity contribution is 6.05. The number of benzene rings is 2. The van der Waals surface area contributed by atoms with Crippen molar-refractivity contribution in [3.8, 4) is 11.5 Å². The van der Waals surface area contributed by atoms with Crippen molar-refractivity contribution in [3.63, 3.8) is 0 Å². The van der Waals surface area contributed by atoms with Crippen LogP contribution in [0.25, 0.3) is 0 Å². The third-order valence-corrected chi connectivity index (χ3v) is 4.38. The van der Waals surface area contributed by atoms with Gasteiger partial charge >= 0.3 is 0 Å². The molecule has 0 aromatic heterocycles. The van der Waals surface area contributed by atoms with Gasteiger partial charge in [-0.2, -0.15) is 0 Å². The number of hydrogen-bond donors (Lipinski definition) is 1. The third kappa shape index (κ3) is 3.79. The lowest BCUT2D eigenvalue weighted by atomic mass is 10.1. The molecule has 0 spiro atoms. The van der Waals surface area contributed by atoms with Crippen molar-refractivity contribution in [1.82, 2.24) is 0 Å². The quantitative estimate of drug-likeness (QED) is 0.893. The van der Waals surface area contributed by atoms with Gasteiger partial charge in [0.2, 0.25) is 5.91 Å². The summed E-state index contributed by atoms with van der Waals surface area (Å²) >= 11 is 0. The first-order valence-corrected chi connectivity index (χ1v) is 8.56. The van der Waals surface area contributed by atoms with Crippen molar-refractivity contribution in [2.75, 3.05) is 31.0 Å². The summed E-state index contributed by atoms with van der Waals surface area (Å²) in [5.41, 5.74) is 1.91. The molecule has 0 saturated carbocycles. The largest absolute Gasteiger partial charge is 0.493 e. The second-order valence-electron chi connectivity index (χ2n) is 6.08. The molecule has 136 valence electrons. The van der Waals surface area contributed by atoms with Gasteiger partial charge in [0.05, 0.1) is 14.2 Å². The molecule has 6 nitrogen and oxygen atoms in total. The summed E-state index contributed by atoms with van der Waals surface area (Å²) in [5, 5.41) is 2.87. The van der Waals surface area contributed by atoms with Gasteiger partial charge in [-0.05, 0) is 49.2 Å². The lowest BCUT2D eigenvalue weighted by Gasteiger charge is -2.27. The van der Waals surface area contributed by atoms with E-state index in [0.717, 1.165) is 18.5 Å².